The molecule has 0 aliphatic carbocycles. The third-order valence-electron chi connectivity index (χ3n) is 2.74. The SMILES string of the molecule is Cc1ccc2c(O)cc(=O)c(=O)[nH]c2c1C. The van der Waals surface area contributed by atoms with Crippen LogP contribution in [-0.4, -0.2) is 10.1 Å². The van der Waals surface area contributed by atoms with Crippen LogP contribution in [0.1, 0.15) is 11.1 Å². The molecule has 0 bridgehead atoms. The lowest BCUT2D eigenvalue weighted by atomic mass is 10.1. The highest BCUT2D eigenvalue weighted by atomic mass is 16.3. The van der Waals surface area contributed by atoms with Gasteiger partial charge in [0, 0.05) is 11.5 Å². The predicted octanol–water partition coefficient (Wildman–Crippen LogP) is 1.21. The molecule has 1 heterocycles. The molecule has 0 aliphatic heterocycles. The molecule has 1 aromatic carbocycles. The normalized spacial score (nSPS) is 10.6. The van der Waals surface area contributed by atoms with Crippen molar-refractivity contribution in [2.75, 3.05) is 0 Å². The summed E-state index contributed by atoms with van der Waals surface area (Å²) in [6.45, 7) is 3.73. The zero-order valence-corrected chi connectivity index (χ0v) is 9.00. The van der Waals surface area contributed by atoms with Gasteiger partial charge in [0.2, 0.25) is 5.43 Å². The van der Waals surface area contributed by atoms with E-state index in [1.807, 2.05) is 19.9 Å². The summed E-state index contributed by atoms with van der Waals surface area (Å²) in [5, 5.41) is 10.2. The second kappa shape index (κ2) is 3.48. The van der Waals surface area contributed by atoms with Gasteiger partial charge in [-0.25, -0.2) is 0 Å². The molecule has 0 unspecified atom stereocenters. The predicted molar refractivity (Wildman–Crippen MR) is 62.0 cm³/mol. The lowest BCUT2D eigenvalue weighted by Crippen LogP contribution is -2.22. The molecule has 0 saturated carbocycles. The first-order valence-electron chi connectivity index (χ1n) is 4.87. The lowest BCUT2D eigenvalue weighted by molar-refractivity contribution is 0.481. The van der Waals surface area contributed by atoms with Crippen molar-refractivity contribution in [1.29, 1.82) is 0 Å². The van der Waals surface area contributed by atoms with E-state index in [9.17, 15) is 14.7 Å². The van der Waals surface area contributed by atoms with E-state index in [0.29, 0.717) is 10.9 Å². The van der Waals surface area contributed by atoms with Gasteiger partial charge in [0.25, 0.3) is 5.56 Å². The Kier molecular flexibility index (Phi) is 2.27. The van der Waals surface area contributed by atoms with E-state index in [1.165, 1.54) is 0 Å². The highest BCUT2D eigenvalue weighted by Crippen LogP contribution is 2.23. The highest BCUT2D eigenvalue weighted by Gasteiger charge is 2.05. The summed E-state index contributed by atoms with van der Waals surface area (Å²) in [4.78, 5) is 25.1. The number of H-pyrrole nitrogens is 1. The van der Waals surface area contributed by atoms with Gasteiger partial charge in [-0.15, -0.1) is 0 Å². The molecular formula is C12H11NO3. The Morgan fingerprint density at radius 2 is 1.88 bits per heavy atom. The van der Waals surface area contributed by atoms with Gasteiger partial charge in [0.05, 0.1) is 5.52 Å². The molecule has 0 aliphatic rings. The largest absolute Gasteiger partial charge is 0.507 e. The number of aromatic amines is 1. The average molecular weight is 217 g/mol. The van der Waals surface area contributed by atoms with Crippen molar-refractivity contribution in [3.63, 3.8) is 0 Å². The van der Waals surface area contributed by atoms with Crippen LogP contribution in [0.25, 0.3) is 10.9 Å². The smallest absolute Gasteiger partial charge is 0.296 e. The van der Waals surface area contributed by atoms with Crippen LogP contribution >= 0.6 is 0 Å². The molecule has 82 valence electrons. The number of rotatable bonds is 0. The fourth-order valence-electron chi connectivity index (χ4n) is 1.63. The van der Waals surface area contributed by atoms with Crippen LogP contribution in [-0.2, 0) is 0 Å². The maximum atomic E-state index is 11.4. The van der Waals surface area contributed by atoms with Crippen LogP contribution in [0.3, 0.4) is 0 Å². The number of nitrogens with one attached hydrogen (secondary N) is 1. The first-order chi connectivity index (χ1) is 7.50. The molecule has 2 rings (SSSR count). The third-order valence-corrected chi connectivity index (χ3v) is 2.74. The molecule has 0 amide bonds. The molecule has 0 fully saturated rings. The number of hydrogen-bond acceptors (Lipinski definition) is 3. The standard InChI is InChI=1S/C12H11NO3/c1-6-3-4-8-9(14)5-10(15)12(16)13-11(8)7(6)2/h3-5,14H,1-2H3,(H,13,15,16). The summed E-state index contributed by atoms with van der Waals surface area (Å²) in [5.74, 6) is -0.179. The maximum Gasteiger partial charge on any atom is 0.296 e. The zero-order chi connectivity index (χ0) is 11.9. The number of fused-ring (bicyclic) bond motifs is 1. The van der Waals surface area contributed by atoms with Crippen LogP contribution in [0.5, 0.6) is 5.75 Å². The summed E-state index contributed by atoms with van der Waals surface area (Å²) < 4.78 is 0. The van der Waals surface area contributed by atoms with Gasteiger partial charge in [-0.2, -0.15) is 0 Å². The quantitative estimate of drug-likeness (QED) is 0.651. The molecule has 0 saturated heterocycles. The summed E-state index contributed by atoms with van der Waals surface area (Å²) in [7, 11) is 0. The molecule has 1 aromatic heterocycles. The molecule has 4 nitrogen and oxygen atoms in total. The van der Waals surface area contributed by atoms with Crippen LogP contribution in [0, 0.1) is 13.8 Å². The van der Waals surface area contributed by atoms with Crippen molar-refractivity contribution in [2.24, 2.45) is 0 Å². The van der Waals surface area contributed by atoms with Crippen molar-refractivity contribution in [2.45, 2.75) is 13.8 Å². The van der Waals surface area contributed by atoms with Crippen LogP contribution < -0.4 is 11.0 Å². The average Bonchev–Trinajstić information content (AvgIpc) is 2.33. The molecule has 0 radical (unpaired) electrons. The van der Waals surface area contributed by atoms with E-state index < -0.39 is 11.0 Å². The summed E-state index contributed by atoms with van der Waals surface area (Å²) in [5.41, 5.74) is 0.871. The highest BCUT2D eigenvalue weighted by molar-refractivity contribution is 5.87. The van der Waals surface area contributed by atoms with Crippen LogP contribution in [0.4, 0.5) is 0 Å². The van der Waals surface area contributed by atoms with Crippen LogP contribution in [0.2, 0.25) is 0 Å². The van der Waals surface area contributed by atoms with Crippen molar-refractivity contribution < 1.29 is 5.11 Å². The van der Waals surface area contributed by atoms with E-state index in [-0.39, 0.29) is 5.75 Å². The van der Waals surface area contributed by atoms with Crippen molar-refractivity contribution in [1.82, 2.24) is 4.98 Å². The topological polar surface area (TPSA) is 70.2 Å². The zero-order valence-electron chi connectivity index (χ0n) is 9.00. The monoisotopic (exact) mass is 217 g/mol. The van der Waals surface area contributed by atoms with Crippen molar-refractivity contribution >= 4 is 10.9 Å². The molecule has 2 N–H and O–H groups in total. The minimum atomic E-state index is -0.745. The molecule has 16 heavy (non-hydrogen) atoms. The van der Waals surface area contributed by atoms with Gasteiger partial charge < -0.3 is 10.1 Å². The van der Waals surface area contributed by atoms with Gasteiger partial charge in [0.1, 0.15) is 5.75 Å². The number of hydrogen-bond donors (Lipinski definition) is 2. The fourth-order valence-corrected chi connectivity index (χ4v) is 1.63. The fraction of sp³-hybridized carbons (Fsp3) is 0.167. The van der Waals surface area contributed by atoms with Gasteiger partial charge in [-0.05, 0) is 31.0 Å². The van der Waals surface area contributed by atoms with Gasteiger partial charge in [-0.1, -0.05) is 6.07 Å². The lowest BCUT2D eigenvalue weighted by Gasteiger charge is -2.03. The molecule has 0 atom stereocenters. The van der Waals surface area contributed by atoms with Gasteiger partial charge >= 0.3 is 0 Å². The molecule has 2 aromatic rings. The Hall–Kier alpha value is -2.10. The second-order valence-corrected chi connectivity index (χ2v) is 3.78. The van der Waals surface area contributed by atoms with Gasteiger partial charge in [0.15, 0.2) is 0 Å². The Balaban J connectivity index is 3.17. The Morgan fingerprint density at radius 3 is 2.56 bits per heavy atom. The van der Waals surface area contributed by atoms with E-state index in [1.54, 1.807) is 6.07 Å². The summed E-state index contributed by atoms with van der Waals surface area (Å²) in [6.07, 6.45) is 0. The Bertz CT molecular complexity index is 686. The first kappa shape index (κ1) is 10.4. The number of aromatic hydroxyl groups is 1. The number of benzene rings is 1. The first-order valence-corrected chi connectivity index (χ1v) is 4.87. The van der Waals surface area contributed by atoms with Crippen molar-refractivity contribution in [3.05, 3.63) is 49.9 Å². The number of aromatic nitrogens is 1. The van der Waals surface area contributed by atoms with Crippen LogP contribution in [0.15, 0.2) is 27.8 Å². The maximum absolute atomic E-state index is 11.4. The third kappa shape index (κ3) is 1.48. The minimum Gasteiger partial charge on any atom is -0.507 e. The van der Waals surface area contributed by atoms with E-state index in [0.717, 1.165) is 17.2 Å². The van der Waals surface area contributed by atoms with Crippen molar-refractivity contribution in [3.8, 4) is 5.75 Å². The minimum absolute atomic E-state index is 0.179. The molecule has 0 spiro atoms. The molecule has 4 heteroatoms. The van der Waals surface area contributed by atoms with E-state index in [2.05, 4.69) is 4.98 Å². The second-order valence-electron chi connectivity index (χ2n) is 3.78. The van der Waals surface area contributed by atoms with Gasteiger partial charge in [-0.3, -0.25) is 9.59 Å². The van der Waals surface area contributed by atoms with E-state index >= 15 is 0 Å². The Morgan fingerprint density at radius 1 is 1.19 bits per heavy atom. The molecular weight excluding hydrogens is 206 g/mol. The van der Waals surface area contributed by atoms with E-state index in [4.69, 9.17) is 0 Å². The Labute approximate surface area is 91.2 Å². The number of aryl methyl sites for hydroxylation is 2. The summed E-state index contributed by atoms with van der Waals surface area (Å²) >= 11 is 0. The summed E-state index contributed by atoms with van der Waals surface area (Å²) in [6, 6.07) is 4.46.